The molecule has 0 radical (unpaired) electrons. The fourth-order valence-electron chi connectivity index (χ4n) is 1.82. The molecule has 0 aromatic heterocycles. The summed E-state index contributed by atoms with van der Waals surface area (Å²) in [5.41, 5.74) is 3.64. The van der Waals surface area contributed by atoms with Gasteiger partial charge in [0, 0.05) is 5.56 Å². The van der Waals surface area contributed by atoms with Gasteiger partial charge >= 0.3 is 0 Å². The first-order chi connectivity index (χ1) is 9.50. The van der Waals surface area contributed by atoms with Gasteiger partial charge < -0.3 is 20.4 Å². The molecule has 0 spiro atoms. The molecular formula is C13H18N2O4S. The maximum Gasteiger partial charge on any atom is 0.125 e. The van der Waals surface area contributed by atoms with Crippen LogP contribution >= 0.6 is 11.8 Å². The zero-order valence-corrected chi connectivity index (χ0v) is 11.7. The van der Waals surface area contributed by atoms with E-state index in [4.69, 9.17) is 0 Å². The number of hydrogen-bond donors (Lipinski definition) is 5. The molecule has 0 saturated carbocycles. The van der Waals surface area contributed by atoms with Crippen molar-refractivity contribution >= 4 is 16.8 Å². The molecule has 0 unspecified atom stereocenters. The summed E-state index contributed by atoms with van der Waals surface area (Å²) in [5, 5.41) is 42.9. The maximum absolute atomic E-state index is 10.0. The van der Waals surface area contributed by atoms with E-state index in [2.05, 4.69) is 10.5 Å². The van der Waals surface area contributed by atoms with Crippen molar-refractivity contribution in [3.05, 3.63) is 35.9 Å². The lowest BCUT2D eigenvalue weighted by atomic mass is 10.0. The minimum absolute atomic E-state index is 0.575. The summed E-state index contributed by atoms with van der Waals surface area (Å²) < 4.78 is 0. The third kappa shape index (κ3) is 3.31. The standard InChI is InChI=1S/C13H18N2O4S/c1-7(16)9(17)10(18)11(19)13-15-14-12(20-13)8-5-3-2-4-6-8/h2-7,9-11,13,15-19H,1H3/t7-,9-,10-,11-,13-/m0/s1. The predicted octanol–water partition coefficient (Wildman–Crippen LogP) is -0.526. The summed E-state index contributed by atoms with van der Waals surface area (Å²) in [7, 11) is 0. The zero-order valence-electron chi connectivity index (χ0n) is 10.9. The Morgan fingerprint density at radius 3 is 2.35 bits per heavy atom. The summed E-state index contributed by atoms with van der Waals surface area (Å²) in [6.45, 7) is 1.35. The van der Waals surface area contributed by atoms with E-state index in [0.29, 0.717) is 5.04 Å². The average molecular weight is 298 g/mol. The molecule has 5 atom stereocenters. The van der Waals surface area contributed by atoms with Crippen molar-refractivity contribution in [1.29, 1.82) is 0 Å². The van der Waals surface area contributed by atoms with Crippen molar-refractivity contribution in [1.82, 2.24) is 5.43 Å². The van der Waals surface area contributed by atoms with Gasteiger partial charge in [-0.05, 0) is 6.92 Å². The Kier molecular flexibility index (Phi) is 5.00. The molecule has 20 heavy (non-hydrogen) atoms. The van der Waals surface area contributed by atoms with Crippen LogP contribution < -0.4 is 5.43 Å². The second-order valence-corrected chi connectivity index (χ2v) is 5.79. The van der Waals surface area contributed by atoms with Crippen LogP contribution in [0, 0.1) is 0 Å². The Labute approximate surface area is 121 Å². The highest BCUT2D eigenvalue weighted by atomic mass is 32.2. The van der Waals surface area contributed by atoms with Crippen LogP contribution in [0.25, 0.3) is 0 Å². The highest BCUT2D eigenvalue weighted by Gasteiger charge is 2.36. The Hall–Kier alpha value is -1.12. The Bertz CT molecular complexity index is 469. The van der Waals surface area contributed by atoms with Crippen LogP contribution in [0.3, 0.4) is 0 Å². The van der Waals surface area contributed by atoms with Crippen molar-refractivity contribution < 1.29 is 20.4 Å². The van der Waals surface area contributed by atoms with E-state index < -0.39 is 29.8 Å². The minimum Gasteiger partial charge on any atom is -0.391 e. The molecule has 6 nitrogen and oxygen atoms in total. The quantitative estimate of drug-likeness (QED) is 0.501. The third-order valence-electron chi connectivity index (χ3n) is 3.06. The smallest absolute Gasteiger partial charge is 0.125 e. The summed E-state index contributed by atoms with van der Waals surface area (Å²) in [6.07, 6.45) is -5.24. The molecule has 7 heteroatoms. The summed E-state index contributed by atoms with van der Waals surface area (Å²) in [4.78, 5) is 0. The van der Waals surface area contributed by atoms with E-state index in [9.17, 15) is 20.4 Å². The van der Waals surface area contributed by atoms with Gasteiger partial charge in [-0.3, -0.25) is 5.43 Å². The fourth-order valence-corrected chi connectivity index (χ4v) is 2.85. The molecule has 1 aromatic carbocycles. The number of rotatable bonds is 5. The zero-order chi connectivity index (χ0) is 14.7. The maximum atomic E-state index is 10.0. The van der Waals surface area contributed by atoms with Crippen molar-refractivity contribution in [3.63, 3.8) is 0 Å². The van der Waals surface area contributed by atoms with Crippen molar-refractivity contribution in [2.45, 2.75) is 36.7 Å². The molecule has 0 bridgehead atoms. The predicted molar refractivity (Wildman–Crippen MR) is 77.2 cm³/mol. The minimum atomic E-state index is -1.45. The molecule has 1 aromatic rings. The number of hydrazone groups is 1. The van der Waals surface area contributed by atoms with Crippen LogP contribution in [-0.2, 0) is 0 Å². The first-order valence-corrected chi connectivity index (χ1v) is 7.16. The number of nitrogens with zero attached hydrogens (tertiary/aromatic N) is 1. The van der Waals surface area contributed by atoms with E-state index in [0.717, 1.165) is 5.56 Å². The lowest BCUT2D eigenvalue weighted by Gasteiger charge is -2.27. The van der Waals surface area contributed by atoms with Crippen LogP contribution in [0.5, 0.6) is 0 Å². The van der Waals surface area contributed by atoms with Crippen LogP contribution in [-0.4, -0.2) is 55.3 Å². The SMILES string of the molecule is C[C@H](O)[C@H](O)[C@H](O)[C@H](O)[C@H]1NN=C(c2ccccc2)S1. The number of hydrogen-bond acceptors (Lipinski definition) is 7. The Morgan fingerprint density at radius 1 is 1.10 bits per heavy atom. The third-order valence-corrected chi connectivity index (χ3v) is 4.25. The highest BCUT2D eigenvalue weighted by molar-refractivity contribution is 8.15. The van der Waals surface area contributed by atoms with E-state index in [1.54, 1.807) is 0 Å². The van der Waals surface area contributed by atoms with Gasteiger partial charge in [-0.1, -0.05) is 42.1 Å². The molecule has 5 N–H and O–H groups in total. The van der Waals surface area contributed by atoms with Crippen molar-refractivity contribution in [2.75, 3.05) is 0 Å². The van der Waals surface area contributed by atoms with Gasteiger partial charge in [0.05, 0.1) is 6.10 Å². The van der Waals surface area contributed by atoms with Gasteiger partial charge in [-0.2, -0.15) is 5.10 Å². The molecule has 110 valence electrons. The summed E-state index contributed by atoms with van der Waals surface area (Å²) in [6, 6.07) is 9.45. The van der Waals surface area contributed by atoms with Crippen molar-refractivity contribution in [2.24, 2.45) is 5.10 Å². The molecular weight excluding hydrogens is 280 g/mol. The van der Waals surface area contributed by atoms with Gasteiger partial charge in [0.1, 0.15) is 28.7 Å². The van der Waals surface area contributed by atoms with E-state index in [-0.39, 0.29) is 0 Å². The van der Waals surface area contributed by atoms with Crippen LogP contribution in [0.4, 0.5) is 0 Å². The first kappa shape index (κ1) is 15.3. The number of thioether (sulfide) groups is 1. The highest BCUT2D eigenvalue weighted by Crippen LogP contribution is 2.26. The molecule has 0 fully saturated rings. The molecule has 2 rings (SSSR count). The van der Waals surface area contributed by atoms with Gasteiger partial charge in [0.2, 0.25) is 0 Å². The number of benzene rings is 1. The molecule has 0 aliphatic carbocycles. The number of aliphatic hydroxyl groups is 4. The van der Waals surface area contributed by atoms with Crippen LogP contribution in [0.2, 0.25) is 0 Å². The molecule has 0 amide bonds. The molecule has 1 aliphatic heterocycles. The van der Waals surface area contributed by atoms with Gasteiger partial charge in [-0.15, -0.1) is 0 Å². The van der Waals surface area contributed by atoms with Gasteiger partial charge in [0.15, 0.2) is 0 Å². The van der Waals surface area contributed by atoms with Gasteiger partial charge in [-0.25, -0.2) is 0 Å². The fraction of sp³-hybridized carbons (Fsp3) is 0.462. The summed E-state index contributed by atoms with van der Waals surface area (Å²) >= 11 is 1.27. The Balaban J connectivity index is 1.97. The van der Waals surface area contributed by atoms with Crippen molar-refractivity contribution in [3.8, 4) is 0 Å². The van der Waals surface area contributed by atoms with Crippen LogP contribution in [0.1, 0.15) is 12.5 Å². The Morgan fingerprint density at radius 2 is 1.75 bits per heavy atom. The largest absolute Gasteiger partial charge is 0.391 e. The monoisotopic (exact) mass is 298 g/mol. The lowest BCUT2D eigenvalue weighted by Crippen LogP contribution is -2.49. The van der Waals surface area contributed by atoms with Crippen LogP contribution in [0.15, 0.2) is 35.4 Å². The van der Waals surface area contributed by atoms with E-state index in [1.807, 2.05) is 30.3 Å². The second kappa shape index (κ2) is 6.55. The number of nitrogens with one attached hydrogen (secondary N) is 1. The van der Waals surface area contributed by atoms with E-state index in [1.165, 1.54) is 18.7 Å². The topological polar surface area (TPSA) is 105 Å². The molecule has 1 heterocycles. The second-order valence-electron chi connectivity index (χ2n) is 4.66. The molecule has 0 saturated heterocycles. The number of aliphatic hydroxyl groups excluding tert-OH is 4. The lowest BCUT2D eigenvalue weighted by molar-refractivity contribution is -0.101. The molecule has 1 aliphatic rings. The van der Waals surface area contributed by atoms with E-state index >= 15 is 0 Å². The average Bonchev–Trinajstić information content (AvgIpc) is 2.95. The van der Waals surface area contributed by atoms with Gasteiger partial charge in [0.25, 0.3) is 0 Å². The summed E-state index contributed by atoms with van der Waals surface area (Å²) in [5.74, 6) is 0. The first-order valence-electron chi connectivity index (χ1n) is 6.28. The normalized spacial score (nSPS) is 24.4.